The van der Waals surface area contributed by atoms with E-state index in [-0.39, 0.29) is 6.10 Å². The topological polar surface area (TPSA) is 61.8 Å². The van der Waals surface area contributed by atoms with Crippen molar-refractivity contribution in [3.63, 3.8) is 0 Å². The highest BCUT2D eigenvalue weighted by molar-refractivity contribution is 5.81. The number of ether oxygens (including phenoxy) is 1. The number of rotatable bonds is 7. The van der Waals surface area contributed by atoms with Crippen molar-refractivity contribution in [2.75, 3.05) is 33.3 Å². The number of aliphatic carboxylic acids is 1. The number of nitrogens with zero attached hydrogens (tertiary/aromatic N) is 1. The van der Waals surface area contributed by atoms with Crippen LogP contribution < -0.4 is 5.32 Å². The molecule has 116 valence electrons. The largest absolute Gasteiger partial charge is 0.480 e. The predicted molar refractivity (Wildman–Crippen MR) is 81.3 cm³/mol. The summed E-state index contributed by atoms with van der Waals surface area (Å²) < 4.78 is 5.37. The van der Waals surface area contributed by atoms with Gasteiger partial charge in [-0.15, -0.1) is 0 Å². The minimum Gasteiger partial charge on any atom is -0.480 e. The second-order valence-corrected chi connectivity index (χ2v) is 5.49. The number of nitrogens with one attached hydrogen (secondary N) is 1. The highest BCUT2D eigenvalue weighted by atomic mass is 16.5. The van der Waals surface area contributed by atoms with Crippen molar-refractivity contribution >= 4 is 5.97 Å². The maximum Gasteiger partial charge on any atom is 0.329 e. The van der Waals surface area contributed by atoms with Gasteiger partial charge in [-0.3, -0.25) is 10.2 Å². The number of carboxylic acid groups (broad SMARTS) is 1. The van der Waals surface area contributed by atoms with E-state index >= 15 is 0 Å². The van der Waals surface area contributed by atoms with Crippen LogP contribution >= 0.6 is 0 Å². The van der Waals surface area contributed by atoms with Crippen molar-refractivity contribution in [3.05, 3.63) is 35.9 Å². The zero-order valence-electron chi connectivity index (χ0n) is 12.7. The summed E-state index contributed by atoms with van der Waals surface area (Å²) >= 11 is 0. The third-order valence-electron chi connectivity index (χ3n) is 4.13. The van der Waals surface area contributed by atoms with Crippen LogP contribution in [0.3, 0.4) is 0 Å². The number of likely N-dealkylation sites (N-methyl/N-ethyl adjacent to an activating group) is 1. The molecular weight excluding hydrogens is 268 g/mol. The quantitative estimate of drug-likeness (QED) is 0.793. The van der Waals surface area contributed by atoms with Crippen molar-refractivity contribution in [2.24, 2.45) is 0 Å². The Morgan fingerprint density at radius 2 is 2.19 bits per heavy atom. The summed E-state index contributed by atoms with van der Waals surface area (Å²) in [5.41, 5.74) is -0.279. The van der Waals surface area contributed by atoms with Crippen molar-refractivity contribution in [3.8, 4) is 0 Å². The number of likely N-dealkylation sites (tertiary alicyclic amines) is 1. The molecule has 1 saturated heterocycles. The first-order valence-corrected chi connectivity index (χ1v) is 7.41. The Morgan fingerprint density at radius 1 is 1.48 bits per heavy atom. The summed E-state index contributed by atoms with van der Waals surface area (Å²) in [7, 11) is 1.71. The summed E-state index contributed by atoms with van der Waals surface area (Å²) in [5, 5.41) is 13.1. The number of methoxy groups -OCH3 is 1. The van der Waals surface area contributed by atoms with Crippen molar-refractivity contribution in [1.29, 1.82) is 0 Å². The van der Waals surface area contributed by atoms with Crippen LogP contribution in [0.25, 0.3) is 0 Å². The van der Waals surface area contributed by atoms with Gasteiger partial charge in [0.25, 0.3) is 0 Å². The molecule has 2 atom stereocenters. The molecule has 0 spiro atoms. The number of hydrogen-bond donors (Lipinski definition) is 2. The maximum absolute atomic E-state index is 12.0. The summed E-state index contributed by atoms with van der Waals surface area (Å²) in [5.74, 6) is -0.837. The Bertz CT molecular complexity index is 466. The third kappa shape index (κ3) is 3.43. The van der Waals surface area contributed by atoms with E-state index in [2.05, 4.69) is 10.2 Å². The van der Waals surface area contributed by atoms with E-state index in [0.29, 0.717) is 13.1 Å². The van der Waals surface area contributed by atoms with Crippen molar-refractivity contribution in [1.82, 2.24) is 10.2 Å². The first-order valence-electron chi connectivity index (χ1n) is 7.41. The van der Waals surface area contributed by atoms with Crippen LogP contribution in [0.5, 0.6) is 0 Å². The lowest BCUT2D eigenvalue weighted by Gasteiger charge is -2.34. The number of carboxylic acids is 1. The smallest absolute Gasteiger partial charge is 0.329 e. The molecule has 21 heavy (non-hydrogen) atoms. The fraction of sp³-hybridized carbons (Fsp3) is 0.562. The van der Waals surface area contributed by atoms with E-state index in [4.69, 9.17) is 4.74 Å². The molecule has 0 amide bonds. The van der Waals surface area contributed by atoms with Crippen LogP contribution in [-0.2, 0) is 15.1 Å². The van der Waals surface area contributed by atoms with E-state index in [9.17, 15) is 9.90 Å². The van der Waals surface area contributed by atoms with Gasteiger partial charge in [0.1, 0.15) is 0 Å². The molecule has 1 fully saturated rings. The lowest BCUT2D eigenvalue weighted by Crippen LogP contribution is -2.56. The molecule has 2 N–H and O–H groups in total. The zero-order valence-corrected chi connectivity index (χ0v) is 12.7. The molecule has 1 aromatic carbocycles. The first-order chi connectivity index (χ1) is 10.1. The van der Waals surface area contributed by atoms with Gasteiger partial charge in [0.05, 0.1) is 6.10 Å². The minimum absolute atomic E-state index is 0.203. The molecule has 0 saturated carbocycles. The fourth-order valence-electron chi connectivity index (χ4n) is 3.01. The monoisotopic (exact) mass is 292 g/mol. The lowest BCUT2D eigenvalue weighted by molar-refractivity contribution is -0.146. The molecule has 1 heterocycles. The number of benzene rings is 1. The van der Waals surface area contributed by atoms with Gasteiger partial charge in [-0.2, -0.15) is 0 Å². The SMILES string of the molecule is CCNC(CN1CCC(OC)C1)(C(=O)O)c1ccccc1. The van der Waals surface area contributed by atoms with Gasteiger partial charge >= 0.3 is 5.97 Å². The molecule has 1 aliphatic heterocycles. The van der Waals surface area contributed by atoms with Gasteiger partial charge in [0.2, 0.25) is 0 Å². The van der Waals surface area contributed by atoms with Crippen LogP contribution in [0.1, 0.15) is 18.9 Å². The predicted octanol–water partition coefficient (Wildman–Crippen LogP) is 1.30. The van der Waals surface area contributed by atoms with Crippen LogP contribution in [0.2, 0.25) is 0 Å². The molecule has 0 radical (unpaired) electrons. The number of hydrogen-bond acceptors (Lipinski definition) is 4. The summed E-state index contributed by atoms with van der Waals surface area (Å²) in [6.45, 7) is 4.63. The normalized spacial score (nSPS) is 22.1. The Balaban J connectivity index is 2.25. The molecule has 0 aromatic heterocycles. The van der Waals surface area contributed by atoms with Gasteiger partial charge in [0, 0.05) is 26.7 Å². The summed E-state index contributed by atoms with van der Waals surface area (Å²) in [4.78, 5) is 14.2. The van der Waals surface area contributed by atoms with Gasteiger partial charge < -0.3 is 9.84 Å². The lowest BCUT2D eigenvalue weighted by atomic mass is 9.89. The Morgan fingerprint density at radius 3 is 2.71 bits per heavy atom. The van der Waals surface area contributed by atoms with Gasteiger partial charge in [-0.1, -0.05) is 37.3 Å². The van der Waals surface area contributed by atoms with Crippen LogP contribution in [0, 0.1) is 0 Å². The molecule has 2 unspecified atom stereocenters. The molecule has 2 rings (SSSR count). The van der Waals surface area contributed by atoms with E-state index < -0.39 is 11.5 Å². The third-order valence-corrected chi connectivity index (χ3v) is 4.13. The van der Waals surface area contributed by atoms with Crippen molar-refractivity contribution in [2.45, 2.75) is 25.0 Å². The van der Waals surface area contributed by atoms with Gasteiger partial charge in [0.15, 0.2) is 5.54 Å². The molecule has 1 aliphatic rings. The Kier molecular flexibility index (Phi) is 5.33. The van der Waals surface area contributed by atoms with E-state index in [1.54, 1.807) is 7.11 Å². The van der Waals surface area contributed by atoms with Crippen LogP contribution in [-0.4, -0.2) is 55.4 Å². The summed E-state index contributed by atoms with van der Waals surface area (Å²) in [6.07, 6.45) is 1.15. The first kappa shape index (κ1) is 15.9. The second kappa shape index (κ2) is 7.02. The van der Waals surface area contributed by atoms with E-state index in [0.717, 1.165) is 25.1 Å². The van der Waals surface area contributed by atoms with Gasteiger partial charge in [-0.05, 0) is 18.5 Å². The van der Waals surface area contributed by atoms with Crippen LogP contribution in [0.4, 0.5) is 0 Å². The second-order valence-electron chi connectivity index (χ2n) is 5.49. The zero-order chi connectivity index (χ0) is 15.3. The highest BCUT2D eigenvalue weighted by Crippen LogP contribution is 2.25. The average Bonchev–Trinajstić information content (AvgIpc) is 2.95. The van der Waals surface area contributed by atoms with E-state index in [1.807, 2.05) is 37.3 Å². The molecular formula is C16H24N2O3. The molecule has 5 nitrogen and oxygen atoms in total. The standard InChI is InChI=1S/C16H24N2O3/c1-3-17-16(15(19)20,13-7-5-4-6-8-13)12-18-10-9-14(11-18)21-2/h4-8,14,17H,3,9-12H2,1-2H3,(H,19,20). The highest BCUT2D eigenvalue weighted by Gasteiger charge is 2.42. The van der Waals surface area contributed by atoms with Gasteiger partial charge in [-0.25, -0.2) is 4.79 Å². The molecule has 5 heteroatoms. The van der Waals surface area contributed by atoms with Crippen molar-refractivity contribution < 1.29 is 14.6 Å². The Hall–Kier alpha value is -1.43. The molecule has 1 aromatic rings. The fourth-order valence-corrected chi connectivity index (χ4v) is 3.01. The molecule has 0 bridgehead atoms. The molecule has 0 aliphatic carbocycles. The number of carbonyl (C=O) groups is 1. The van der Waals surface area contributed by atoms with E-state index in [1.165, 1.54) is 0 Å². The summed E-state index contributed by atoms with van der Waals surface area (Å²) in [6, 6.07) is 9.42. The average molecular weight is 292 g/mol. The minimum atomic E-state index is -1.07. The maximum atomic E-state index is 12.0. The Labute approximate surface area is 125 Å². The van der Waals surface area contributed by atoms with Crippen LogP contribution in [0.15, 0.2) is 30.3 Å².